The number of carboxylic acid groups (broad SMARTS) is 3. The lowest BCUT2D eigenvalue weighted by atomic mass is 10.3. The van der Waals surface area contributed by atoms with Gasteiger partial charge in [-0.1, -0.05) is 6.58 Å². The maximum Gasteiger partial charge on any atom is 0.330 e. The fraction of sp³-hybridized carbons (Fsp3) is 0.375. The van der Waals surface area contributed by atoms with Crippen molar-refractivity contribution in [2.24, 2.45) is 0 Å². The largest absolute Gasteiger partial charge is 0.481 e. The topological polar surface area (TPSA) is 112 Å². The molecule has 0 saturated heterocycles. The summed E-state index contributed by atoms with van der Waals surface area (Å²) in [4.78, 5) is 28.9. The van der Waals surface area contributed by atoms with Gasteiger partial charge in [0.15, 0.2) is 0 Å². The van der Waals surface area contributed by atoms with Crippen LogP contribution in [0, 0.1) is 0 Å². The predicted molar refractivity (Wildman–Crippen MR) is 47.0 cm³/mol. The molecule has 3 N–H and O–H groups in total. The maximum absolute atomic E-state index is 9.64. The van der Waals surface area contributed by atoms with E-state index in [0.717, 1.165) is 0 Å². The summed E-state index contributed by atoms with van der Waals surface area (Å²) < 4.78 is 0. The van der Waals surface area contributed by atoms with Gasteiger partial charge in [-0.2, -0.15) is 0 Å². The van der Waals surface area contributed by atoms with Crippen LogP contribution in [0.2, 0.25) is 0 Å². The second kappa shape index (κ2) is 7.78. The number of rotatable bonds is 4. The Morgan fingerprint density at radius 1 is 1.00 bits per heavy atom. The van der Waals surface area contributed by atoms with Gasteiger partial charge in [-0.25, -0.2) is 4.79 Å². The van der Waals surface area contributed by atoms with Crippen LogP contribution < -0.4 is 0 Å². The molecule has 6 heteroatoms. The van der Waals surface area contributed by atoms with Gasteiger partial charge in [0.05, 0.1) is 12.8 Å². The van der Waals surface area contributed by atoms with Gasteiger partial charge in [-0.05, 0) is 6.92 Å². The minimum absolute atomic E-state index is 0.176. The van der Waals surface area contributed by atoms with Gasteiger partial charge in [-0.15, -0.1) is 0 Å². The van der Waals surface area contributed by atoms with E-state index in [4.69, 9.17) is 15.3 Å². The van der Waals surface area contributed by atoms with Crippen molar-refractivity contribution in [2.75, 3.05) is 0 Å². The van der Waals surface area contributed by atoms with Gasteiger partial charge in [0.1, 0.15) is 0 Å². The van der Waals surface area contributed by atoms with Crippen LogP contribution in [0.4, 0.5) is 0 Å². The first-order valence-electron chi connectivity index (χ1n) is 3.59. The molecule has 0 radical (unpaired) electrons. The Labute approximate surface area is 80.5 Å². The van der Waals surface area contributed by atoms with Crippen molar-refractivity contribution in [3.8, 4) is 0 Å². The van der Waals surface area contributed by atoms with E-state index < -0.39 is 17.9 Å². The first-order chi connectivity index (χ1) is 6.27. The molecule has 0 spiro atoms. The summed E-state index contributed by atoms with van der Waals surface area (Å²) in [7, 11) is 0. The molecule has 0 atom stereocenters. The van der Waals surface area contributed by atoms with Crippen LogP contribution >= 0.6 is 0 Å². The molecular weight excluding hydrogens is 192 g/mol. The van der Waals surface area contributed by atoms with E-state index in [2.05, 4.69) is 6.58 Å². The molecule has 0 unspecified atom stereocenters. The average molecular weight is 204 g/mol. The van der Waals surface area contributed by atoms with Crippen molar-refractivity contribution in [3.63, 3.8) is 0 Å². The molecule has 0 saturated carbocycles. The smallest absolute Gasteiger partial charge is 0.330 e. The highest BCUT2D eigenvalue weighted by Gasteiger charge is 2.00. The van der Waals surface area contributed by atoms with Gasteiger partial charge < -0.3 is 15.3 Å². The monoisotopic (exact) mass is 204 g/mol. The molecule has 6 nitrogen and oxygen atoms in total. The standard InChI is InChI=1S/C4H6O4.C4H6O2/c5-3(6)1-2-4(7)8;1-3(2)4(5)6/h1-2H2,(H,5,6)(H,7,8);1H2,2H3,(H,5,6). The quantitative estimate of drug-likeness (QED) is 0.577. The van der Waals surface area contributed by atoms with E-state index in [1.807, 2.05) is 0 Å². The Balaban J connectivity index is 0. The van der Waals surface area contributed by atoms with E-state index in [0.29, 0.717) is 0 Å². The average Bonchev–Trinajstić information content (AvgIpc) is 2.01. The van der Waals surface area contributed by atoms with Gasteiger partial charge in [-0.3, -0.25) is 9.59 Å². The summed E-state index contributed by atoms with van der Waals surface area (Å²) in [5, 5.41) is 23.7. The minimum Gasteiger partial charge on any atom is -0.481 e. The van der Waals surface area contributed by atoms with E-state index in [-0.39, 0.29) is 18.4 Å². The van der Waals surface area contributed by atoms with Gasteiger partial charge in [0.2, 0.25) is 0 Å². The lowest BCUT2D eigenvalue weighted by Crippen LogP contribution is -2.00. The van der Waals surface area contributed by atoms with Gasteiger partial charge >= 0.3 is 17.9 Å². The summed E-state index contributed by atoms with van der Waals surface area (Å²) in [5.41, 5.74) is 0.176. The number of carboxylic acids is 3. The van der Waals surface area contributed by atoms with Crippen LogP contribution in [0.5, 0.6) is 0 Å². The summed E-state index contributed by atoms with van der Waals surface area (Å²) in [6, 6.07) is 0. The van der Waals surface area contributed by atoms with Crippen molar-refractivity contribution in [2.45, 2.75) is 19.8 Å². The van der Waals surface area contributed by atoms with Gasteiger partial charge in [0.25, 0.3) is 0 Å². The predicted octanol–water partition coefficient (Wildman–Crippen LogP) is 0.583. The van der Waals surface area contributed by atoms with Crippen molar-refractivity contribution >= 4 is 17.9 Å². The summed E-state index contributed by atoms with van der Waals surface area (Å²) in [6.45, 7) is 4.60. The molecule has 0 amide bonds. The number of aliphatic carboxylic acids is 3. The molecular formula is C8H12O6. The second-order valence-electron chi connectivity index (χ2n) is 2.37. The molecule has 0 heterocycles. The Morgan fingerprint density at radius 3 is 1.29 bits per heavy atom. The molecule has 0 aromatic rings. The van der Waals surface area contributed by atoms with Crippen molar-refractivity contribution < 1.29 is 29.7 Å². The van der Waals surface area contributed by atoms with E-state index in [9.17, 15) is 14.4 Å². The normalized spacial score (nSPS) is 8.07. The third kappa shape index (κ3) is 16.6. The highest BCUT2D eigenvalue weighted by atomic mass is 16.4. The van der Waals surface area contributed by atoms with Crippen LogP contribution in [0.3, 0.4) is 0 Å². The van der Waals surface area contributed by atoms with Gasteiger partial charge in [0, 0.05) is 5.57 Å². The summed E-state index contributed by atoms with van der Waals surface area (Å²) >= 11 is 0. The van der Waals surface area contributed by atoms with Crippen molar-refractivity contribution in [3.05, 3.63) is 12.2 Å². The van der Waals surface area contributed by atoms with E-state index in [1.54, 1.807) is 0 Å². The zero-order valence-corrected chi connectivity index (χ0v) is 7.69. The highest BCUT2D eigenvalue weighted by molar-refractivity contribution is 5.84. The molecule has 0 aliphatic rings. The molecule has 0 aliphatic heterocycles. The van der Waals surface area contributed by atoms with E-state index >= 15 is 0 Å². The Kier molecular flexibility index (Phi) is 8.15. The molecule has 0 aromatic carbocycles. The molecule has 0 fully saturated rings. The minimum atomic E-state index is -1.08. The van der Waals surface area contributed by atoms with Crippen LogP contribution in [-0.4, -0.2) is 33.2 Å². The molecule has 0 bridgehead atoms. The second-order valence-corrected chi connectivity index (χ2v) is 2.37. The van der Waals surface area contributed by atoms with Crippen molar-refractivity contribution in [1.29, 1.82) is 0 Å². The fourth-order valence-electron chi connectivity index (χ4n) is 0.214. The Bertz CT molecular complexity index is 216. The number of hydrogen-bond donors (Lipinski definition) is 3. The van der Waals surface area contributed by atoms with Crippen LogP contribution in [0.1, 0.15) is 19.8 Å². The molecule has 0 rings (SSSR count). The third-order valence-electron chi connectivity index (χ3n) is 0.918. The van der Waals surface area contributed by atoms with Crippen LogP contribution in [0.15, 0.2) is 12.2 Å². The third-order valence-corrected chi connectivity index (χ3v) is 0.918. The summed E-state index contributed by atoms with van der Waals surface area (Å²) in [5.74, 6) is -3.09. The lowest BCUT2D eigenvalue weighted by Gasteiger charge is -1.85. The van der Waals surface area contributed by atoms with Crippen LogP contribution in [-0.2, 0) is 14.4 Å². The highest BCUT2D eigenvalue weighted by Crippen LogP contribution is 1.86. The maximum atomic E-state index is 9.64. The SMILES string of the molecule is C=C(C)C(=O)O.O=C(O)CCC(=O)O. The van der Waals surface area contributed by atoms with Crippen molar-refractivity contribution in [1.82, 2.24) is 0 Å². The van der Waals surface area contributed by atoms with E-state index in [1.165, 1.54) is 6.92 Å². The Hall–Kier alpha value is -1.85. The first kappa shape index (κ1) is 14.7. The van der Waals surface area contributed by atoms with Crippen LogP contribution in [0.25, 0.3) is 0 Å². The first-order valence-corrected chi connectivity index (χ1v) is 3.59. The summed E-state index contributed by atoms with van der Waals surface area (Å²) in [6.07, 6.45) is -0.593. The molecule has 80 valence electrons. The fourth-order valence-corrected chi connectivity index (χ4v) is 0.214. The molecule has 0 aliphatic carbocycles. The number of hydrogen-bond acceptors (Lipinski definition) is 3. The molecule has 0 aromatic heterocycles. The zero-order chi connectivity index (χ0) is 11.7. The Morgan fingerprint density at radius 2 is 1.21 bits per heavy atom. The lowest BCUT2D eigenvalue weighted by molar-refractivity contribution is -0.143. The zero-order valence-electron chi connectivity index (χ0n) is 7.69. The molecule has 14 heavy (non-hydrogen) atoms. The number of carbonyl (C=O) groups is 3.